The number of carbonyl (C=O) groups is 1. The molecule has 0 saturated carbocycles. The van der Waals surface area contributed by atoms with Crippen molar-refractivity contribution in [3.05, 3.63) is 79.5 Å². The fraction of sp³-hybridized carbons (Fsp3) is 0.136. The molecule has 0 amide bonds. The Bertz CT molecular complexity index is 1340. The van der Waals surface area contributed by atoms with E-state index in [1.54, 1.807) is 6.26 Å². The first-order valence-corrected chi connectivity index (χ1v) is 10.1. The number of ketones is 1. The van der Waals surface area contributed by atoms with E-state index in [9.17, 15) is 19.5 Å². The van der Waals surface area contributed by atoms with Gasteiger partial charge in [-0.2, -0.15) is 0 Å². The predicted molar refractivity (Wildman–Crippen MR) is 118 cm³/mol. The van der Waals surface area contributed by atoms with Gasteiger partial charge in [0.2, 0.25) is 0 Å². The first-order valence-electron chi connectivity index (χ1n) is 9.25. The second kappa shape index (κ2) is 7.64. The molecule has 2 aromatic heterocycles. The quantitative estimate of drug-likeness (QED) is 0.218. The number of hydrogen-bond acceptors (Lipinski definition) is 8. The van der Waals surface area contributed by atoms with Crippen molar-refractivity contribution in [2.75, 3.05) is 10.6 Å². The zero-order chi connectivity index (χ0) is 21.4. The monoisotopic (exact) mass is 422 g/mol. The summed E-state index contributed by atoms with van der Waals surface area (Å²) in [5.41, 5.74) is 0.722. The van der Waals surface area contributed by atoms with Crippen LogP contribution in [-0.4, -0.2) is 10.9 Å². The molecule has 30 heavy (non-hydrogen) atoms. The van der Waals surface area contributed by atoms with Crippen LogP contribution in [0.4, 0.5) is 17.1 Å². The summed E-state index contributed by atoms with van der Waals surface area (Å²) in [5.74, 6) is -0.701. The van der Waals surface area contributed by atoms with Crippen LogP contribution in [0.25, 0.3) is 11.0 Å². The van der Waals surface area contributed by atoms with Gasteiger partial charge in [0.15, 0.2) is 11.5 Å². The third-order valence-electron chi connectivity index (χ3n) is 4.95. The molecule has 2 heterocycles. The van der Waals surface area contributed by atoms with E-state index >= 15 is 0 Å². The van der Waals surface area contributed by atoms with Crippen LogP contribution in [0.1, 0.15) is 34.6 Å². The van der Waals surface area contributed by atoms with Crippen LogP contribution in [0.5, 0.6) is 5.75 Å². The molecule has 0 spiro atoms. The average molecular weight is 422 g/mol. The molecule has 0 fully saturated rings. The van der Waals surface area contributed by atoms with Crippen molar-refractivity contribution < 1.29 is 14.3 Å². The van der Waals surface area contributed by atoms with Crippen LogP contribution in [-0.2, 0) is 0 Å². The van der Waals surface area contributed by atoms with E-state index in [2.05, 4.69) is 17.2 Å². The standard InChI is InChI=1S/C22H18N2O5S/c1-3-13(12-6-5-11-7-8-29-16(11)9-12)23-17-18(21(28)20(17)27)24-14-10-30-22(19(14)26)15(25)4-2/h4-10,13,23-24,26H,2-3H2,1H3. The van der Waals surface area contributed by atoms with E-state index in [4.69, 9.17) is 4.42 Å². The highest BCUT2D eigenvalue weighted by atomic mass is 32.1. The summed E-state index contributed by atoms with van der Waals surface area (Å²) >= 11 is 1.02. The Kier molecular flexibility index (Phi) is 5.01. The van der Waals surface area contributed by atoms with Crippen molar-refractivity contribution in [3.63, 3.8) is 0 Å². The van der Waals surface area contributed by atoms with Crippen molar-refractivity contribution in [2.45, 2.75) is 19.4 Å². The van der Waals surface area contributed by atoms with Gasteiger partial charge < -0.3 is 20.2 Å². The number of nitrogens with one attached hydrogen (secondary N) is 2. The lowest BCUT2D eigenvalue weighted by molar-refractivity contribution is 0.104. The summed E-state index contributed by atoms with van der Waals surface area (Å²) in [7, 11) is 0. The number of anilines is 3. The summed E-state index contributed by atoms with van der Waals surface area (Å²) < 4.78 is 5.45. The number of furan rings is 1. The highest BCUT2D eigenvalue weighted by Crippen LogP contribution is 2.37. The van der Waals surface area contributed by atoms with Gasteiger partial charge in [-0.15, -0.1) is 11.3 Å². The lowest BCUT2D eigenvalue weighted by atomic mass is 10.0. The van der Waals surface area contributed by atoms with Gasteiger partial charge in [-0.1, -0.05) is 25.6 Å². The predicted octanol–water partition coefficient (Wildman–Crippen LogP) is 4.47. The van der Waals surface area contributed by atoms with E-state index in [-0.39, 0.29) is 33.7 Å². The zero-order valence-electron chi connectivity index (χ0n) is 16.0. The van der Waals surface area contributed by atoms with Gasteiger partial charge in [0, 0.05) is 10.8 Å². The molecule has 0 aliphatic heterocycles. The van der Waals surface area contributed by atoms with E-state index in [1.807, 2.05) is 31.2 Å². The van der Waals surface area contributed by atoms with Crippen LogP contribution in [0.15, 0.2) is 62.6 Å². The van der Waals surface area contributed by atoms with Crippen LogP contribution in [0.2, 0.25) is 0 Å². The largest absolute Gasteiger partial charge is 0.504 e. The van der Waals surface area contributed by atoms with Crippen LogP contribution < -0.4 is 21.5 Å². The summed E-state index contributed by atoms with van der Waals surface area (Å²) in [6, 6.07) is 7.41. The molecule has 152 valence electrons. The molecule has 4 aromatic rings. The SMILES string of the molecule is C=CC(=O)c1scc(Nc2c(NC(CC)c3ccc4ccoc4c3)c(=O)c2=O)c1O. The Morgan fingerprint density at radius 3 is 2.77 bits per heavy atom. The topological polar surface area (TPSA) is 109 Å². The Hall–Kier alpha value is -3.65. The third-order valence-corrected chi connectivity index (χ3v) is 5.94. The number of fused-ring (bicyclic) bond motifs is 1. The fourth-order valence-corrected chi connectivity index (χ4v) is 4.10. The Balaban J connectivity index is 1.62. The Morgan fingerprint density at radius 1 is 1.27 bits per heavy atom. The van der Waals surface area contributed by atoms with E-state index in [0.717, 1.165) is 33.9 Å². The number of carbonyl (C=O) groups excluding carboxylic acids is 1. The normalized spacial score (nSPS) is 12.2. The first-order chi connectivity index (χ1) is 14.4. The fourth-order valence-electron chi connectivity index (χ4n) is 3.27. The van der Waals surface area contributed by atoms with Gasteiger partial charge in [-0.05, 0) is 30.2 Å². The molecule has 7 nitrogen and oxygen atoms in total. The van der Waals surface area contributed by atoms with Gasteiger partial charge in [0.25, 0.3) is 10.9 Å². The molecule has 8 heteroatoms. The van der Waals surface area contributed by atoms with Gasteiger partial charge in [-0.3, -0.25) is 14.4 Å². The lowest BCUT2D eigenvalue weighted by Crippen LogP contribution is -2.37. The lowest BCUT2D eigenvalue weighted by Gasteiger charge is -2.22. The molecule has 0 radical (unpaired) electrons. The van der Waals surface area contributed by atoms with Gasteiger partial charge >= 0.3 is 0 Å². The Morgan fingerprint density at radius 2 is 2.03 bits per heavy atom. The smallest absolute Gasteiger partial charge is 0.253 e. The highest BCUT2D eigenvalue weighted by Gasteiger charge is 2.26. The van der Waals surface area contributed by atoms with E-state index in [1.165, 1.54) is 5.38 Å². The molecule has 0 aliphatic rings. The minimum atomic E-state index is -0.684. The van der Waals surface area contributed by atoms with Crippen molar-refractivity contribution in [2.24, 2.45) is 0 Å². The molecular weight excluding hydrogens is 404 g/mol. The first kappa shape index (κ1) is 19.7. The number of rotatable bonds is 8. The molecule has 0 aliphatic carbocycles. The maximum atomic E-state index is 12.2. The minimum Gasteiger partial charge on any atom is -0.504 e. The molecule has 3 N–H and O–H groups in total. The molecular formula is C22H18N2O5S. The summed E-state index contributed by atoms with van der Waals surface area (Å²) in [5, 5.41) is 18.7. The zero-order valence-corrected chi connectivity index (χ0v) is 16.8. The van der Waals surface area contributed by atoms with E-state index < -0.39 is 16.6 Å². The number of allylic oxidation sites excluding steroid dienone is 1. The maximum Gasteiger partial charge on any atom is 0.253 e. The van der Waals surface area contributed by atoms with Crippen LogP contribution >= 0.6 is 11.3 Å². The highest BCUT2D eigenvalue weighted by molar-refractivity contribution is 7.13. The minimum absolute atomic E-state index is 0.0585. The van der Waals surface area contributed by atoms with Crippen molar-refractivity contribution in [1.82, 2.24) is 0 Å². The average Bonchev–Trinajstić information content (AvgIpc) is 3.38. The van der Waals surface area contributed by atoms with Gasteiger partial charge in [-0.25, -0.2) is 0 Å². The molecule has 1 atom stereocenters. The molecule has 4 rings (SSSR count). The molecule has 2 aromatic carbocycles. The number of benzene rings is 1. The molecule has 1 unspecified atom stereocenters. The van der Waals surface area contributed by atoms with Crippen molar-refractivity contribution in [3.8, 4) is 5.75 Å². The number of hydrogen-bond donors (Lipinski definition) is 3. The second-order valence-electron chi connectivity index (χ2n) is 6.75. The van der Waals surface area contributed by atoms with Gasteiger partial charge in [0.1, 0.15) is 21.8 Å². The maximum absolute atomic E-state index is 12.2. The van der Waals surface area contributed by atoms with Crippen molar-refractivity contribution >= 4 is 45.2 Å². The number of aromatic hydroxyl groups is 1. The summed E-state index contributed by atoms with van der Waals surface area (Å²) in [6.07, 6.45) is 3.37. The van der Waals surface area contributed by atoms with Crippen LogP contribution in [0, 0.1) is 0 Å². The second-order valence-corrected chi connectivity index (χ2v) is 7.63. The van der Waals surface area contributed by atoms with Crippen LogP contribution in [0.3, 0.4) is 0 Å². The van der Waals surface area contributed by atoms with Crippen molar-refractivity contribution in [1.29, 1.82) is 0 Å². The van der Waals surface area contributed by atoms with Gasteiger partial charge in [0.05, 0.1) is 18.0 Å². The summed E-state index contributed by atoms with van der Waals surface area (Å²) in [4.78, 5) is 36.2. The molecule has 0 saturated heterocycles. The molecule has 0 bridgehead atoms. The Labute approximate surface area is 175 Å². The number of thiophene rings is 1. The summed E-state index contributed by atoms with van der Waals surface area (Å²) in [6.45, 7) is 5.36. The third kappa shape index (κ3) is 3.21. The van der Waals surface area contributed by atoms with E-state index in [0.29, 0.717) is 6.42 Å².